The number of hydrogen-bond acceptors (Lipinski definition) is 4. The number of piperazine rings is 1. The highest BCUT2D eigenvalue weighted by molar-refractivity contribution is 5.63. The van der Waals surface area contributed by atoms with Gasteiger partial charge in [-0.2, -0.15) is 5.26 Å². The quantitative estimate of drug-likeness (QED) is 0.718. The van der Waals surface area contributed by atoms with Gasteiger partial charge in [0.2, 0.25) is 0 Å². The van der Waals surface area contributed by atoms with E-state index < -0.39 is 0 Å². The molecule has 3 aromatic rings. The van der Waals surface area contributed by atoms with E-state index in [0.717, 1.165) is 37.4 Å². The van der Waals surface area contributed by atoms with Crippen LogP contribution in [0, 0.1) is 17.1 Å². The van der Waals surface area contributed by atoms with Gasteiger partial charge in [0.1, 0.15) is 17.6 Å². The number of halogens is 1. The molecule has 0 aliphatic carbocycles. The molecule has 1 heterocycles. The molecule has 5 heteroatoms. The van der Waals surface area contributed by atoms with E-state index in [-0.39, 0.29) is 17.6 Å². The Kier molecular flexibility index (Phi) is 5.46. The molecule has 1 N–H and O–H groups in total. The predicted octanol–water partition coefficient (Wildman–Crippen LogP) is 4.47. The minimum Gasteiger partial charge on any atom is -0.508 e. The molecule has 1 aliphatic heterocycles. The summed E-state index contributed by atoms with van der Waals surface area (Å²) in [5.74, 6) is -0.189. The van der Waals surface area contributed by atoms with Gasteiger partial charge in [0.25, 0.3) is 0 Å². The molecule has 29 heavy (non-hydrogen) atoms. The fourth-order valence-electron chi connectivity index (χ4n) is 3.95. The van der Waals surface area contributed by atoms with Crippen LogP contribution in [0.1, 0.15) is 22.7 Å². The highest BCUT2D eigenvalue weighted by atomic mass is 19.1. The first-order valence-electron chi connectivity index (χ1n) is 9.65. The standard InChI is InChI=1S/C24H22FN3O/c25-21-8-6-19(7-9-21)24-17-27(16-18-4-2-1-3-5-18)12-13-28(24)23-11-10-22(29)14-20(23)15-26/h1-11,14,24,29H,12-13,16-17H2/t24-/m0/s1. The number of phenols is 1. The van der Waals surface area contributed by atoms with Crippen molar-refractivity contribution in [2.75, 3.05) is 24.5 Å². The van der Waals surface area contributed by atoms with E-state index in [0.29, 0.717) is 5.56 Å². The van der Waals surface area contributed by atoms with E-state index >= 15 is 0 Å². The second-order valence-electron chi connectivity index (χ2n) is 7.29. The molecule has 0 radical (unpaired) electrons. The molecule has 146 valence electrons. The van der Waals surface area contributed by atoms with Crippen molar-refractivity contribution >= 4 is 5.69 Å². The minimum absolute atomic E-state index is 0.0234. The van der Waals surface area contributed by atoms with E-state index in [2.05, 4.69) is 28.0 Å². The van der Waals surface area contributed by atoms with Crippen LogP contribution in [0.4, 0.5) is 10.1 Å². The van der Waals surface area contributed by atoms with Crippen LogP contribution < -0.4 is 4.90 Å². The zero-order valence-electron chi connectivity index (χ0n) is 16.0. The number of rotatable bonds is 4. The number of phenolic OH excluding ortho intramolecular Hbond substituents is 1. The van der Waals surface area contributed by atoms with Gasteiger partial charge in [-0.3, -0.25) is 4.90 Å². The summed E-state index contributed by atoms with van der Waals surface area (Å²) in [7, 11) is 0. The number of aromatic hydroxyl groups is 1. The summed E-state index contributed by atoms with van der Waals surface area (Å²) >= 11 is 0. The lowest BCUT2D eigenvalue weighted by atomic mass is 9.99. The summed E-state index contributed by atoms with van der Waals surface area (Å²) in [5.41, 5.74) is 3.48. The molecule has 1 fully saturated rings. The molecule has 1 aliphatic rings. The van der Waals surface area contributed by atoms with Crippen molar-refractivity contribution in [1.82, 2.24) is 4.90 Å². The van der Waals surface area contributed by atoms with E-state index in [4.69, 9.17) is 0 Å². The molecule has 0 unspecified atom stereocenters. The van der Waals surface area contributed by atoms with Crippen molar-refractivity contribution < 1.29 is 9.50 Å². The fraction of sp³-hybridized carbons (Fsp3) is 0.208. The average Bonchev–Trinajstić information content (AvgIpc) is 2.75. The topological polar surface area (TPSA) is 50.5 Å². The number of nitrogens with zero attached hydrogens (tertiary/aromatic N) is 3. The summed E-state index contributed by atoms with van der Waals surface area (Å²) in [6.07, 6.45) is 0. The third-order valence-electron chi connectivity index (χ3n) is 5.38. The van der Waals surface area contributed by atoms with Crippen LogP contribution in [0.15, 0.2) is 72.8 Å². The van der Waals surface area contributed by atoms with Gasteiger partial charge in [0, 0.05) is 26.2 Å². The Morgan fingerprint density at radius 1 is 1.00 bits per heavy atom. The van der Waals surface area contributed by atoms with Crippen molar-refractivity contribution in [2.45, 2.75) is 12.6 Å². The maximum absolute atomic E-state index is 13.5. The molecule has 0 amide bonds. The second-order valence-corrected chi connectivity index (χ2v) is 7.29. The normalized spacial score (nSPS) is 17.1. The number of benzene rings is 3. The van der Waals surface area contributed by atoms with Gasteiger partial charge < -0.3 is 10.0 Å². The summed E-state index contributed by atoms with van der Waals surface area (Å²) in [6.45, 7) is 3.17. The largest absolute Gasteiger partial charge is 0.508 e. The molecule has 0 aromatic heterocycles. The van der Waals surface area contributed by atoms with Gasteiger partial charge in [-0.15, -0.1) is 0 Å². The van der Waals surface area contributed by atoms with E-state index in [1.807, 2.05) is 30.3 Å². The zero-order chi connectivity index (χ0) is 20.2. The first-order valence-corrected chi connectivity index (χ1v) is 9.65. The maximum atomic E-state index is 13.5. The highest BCUT2D eigenvalue weighted by Gasteiger charge is 2.30. The highest BCUT2D eigenvalue weighted by Crippen LogP contribution is 2.34. The first-order chi connectivity index (χ1) is 14.1. The molecule has 3 aromatic carbocycles. The second kappa shape index (κ2) is 8.34. The predicted molar refractivity (Wildman–Crippen MR) is 111 cm³/mol. The maximum Gasteiger partial charge on any atom is 0.123 e. The molecule has 4 nitrogen and oxygen atoms in total. The lowest BCUT2D eigenvalue weighted by Crippen LogP contribution is -2.48. The fourth-order valence-corrected chi connectivity index (χ4v) is 3.95. The number of anilines is 1. The molecule has 4 rings (SSSR count). The molecule has 0 spiro atoms. The van der Waals surface area contributed by atoms with Crippen LogP contribution in [0.2, 0.25) is 0 Å². The summed E-state index contributed by atoms with van der Waals surface area (Å²) < 4.78 is 13.5. The van der Waals surface area contributed by atoms with Gasteiger partial charge in [-0.05, 0) is 41.5 Å². The Morgan fingerprint density at radius 3 is 2.48 bits per heavy atom. The smallest absolute Gasteiger partial charge is 0.123 e. The Bertz CT molecular complexity index is 1010. The molecule has 0 bridgehead atoms. The molecule has 0 saturated carbocycles. The SMILES string of the molecule is N#Cc1cc(O)ccc1N1CCN(Cc2ccccc2)C[C@H]1c1ccc(F)cc1. The van der Waals surface area contributed by atoms with E-state index in [9.17, 15) is 14.8 Å². The summed E-state index contributed by atoms with van der Waals surface area (Å²) in [4.78, 5) is 4.57. The Morgan fingerprint density at radius 2 is 1.76 bits per heavy atom. The van der Waals surface area contributed by atoms with Crippen molar-refractivity contribution in [2.24, 2.45) is 0 Å². The minimum atomic E-state index is -0.264. The number of nitriles is 1. The zero-order valence-corrected chi connectivity index (χ0v) is 16.0. The van der Waals surface area contributed by atoms with Gasteiger partial charge >= 0.3 is 0 Å². The third-order valence-corrected chi connectivity index (χ3v) is 5.38. The monoisotopic (exact) mass is 387 g/mol. The Hall–Kier alpha value is -3.36. The van der Waals surface area contributed by atoms with Crippen molar-refractivity contribution in [1.29, 1.82) is 5.26 Å². The first kappa shape index (κ1) is 19.0. The van der Waals surface area contributed by atoms with Crippen LogP contribution in [-0.4, -0.2) is 29.6 Å². The summed E-state index contributed by atoms with van der Waals surface area (Å²) in [5, 5.41) is 19.3. The molecule has 1 saturated heterocycles. The van der Waals surface area contributed by atoms with Gasteiger partial charge in [0.05, 0.1) is 17.3 Å². The Labute approximate surface area is 170 Å². The van der Waals surface area contributed by atoms with Crippen molar-refractivity contribution in [3.63, 3.8) is 0 Å². The lowest BCUT2D eigenvalue weighted by Gasteiger charge is -2.43. The van der Waals surface area contributed by atoms with E-state index in [1.54, 1.807) is 12.1 Å². The Balaban J connectivity index is 1.66. The van der Waals surface area contributed by atoms with Gasteiger partial charge in [0.15, 0.2) is 0 Å². The number of hydrogen-bond donors (Lipinski definition) is 1. The third kappa shape index (κ3) is 4.23. The molecular formula is C24H22FN3O. The van der Waals surface area contributed by atoms with Crippen LogP contribution in [0.5, 0.6) is 5.75 Å². The lowest BCUT2D eigenvalue weighted by molar-refractivity contribution is 0.215. The van der Waals surface area contributed by atoms with Gasteiger partial charge in [-0.25, -0.2) is 4.39 Å². The van der Waals surface area contributed by atoms with Crippen LogP contribution in [0.25, 0.3) is 0 Å². The molecule has 1 atom stereocenters. The average molecular weight is 387 g/mol. The molecular weight excluding hydrogens is 365 g/mol. The van der Waals surface area contributed by atoms with Crippen molar-refractivity contribution in [3.8, 4) is 11.8 Å². The summed E-state index contributed by atoms with van der Waals surface area (Å²) in [6, 6.07) is 24.0. The van der Waals surface area contributed by atoms with Crippen LogP contribution in [-0.2, 0) is 6.54 Å². The van der Waals surface area contributed by atoms with E-state index in [1.165, 1.54) is 23.8 Å². The van der Waals surface area contributed by atoms with Crippen LogP contribution in [0.3, 0.4) is 0 Å². The van der Waals surface area contributed by atoms with Crippen LogP contribution >= 0.6 is 0 Å². The van der Waals surface area contributed by atoms with Gasteiger partial charge in [-0.1, -0.05) is 42.5 Å². The van der Waals surface area contributed by atoms with Crippen molar-refractivity contribution in [3.05, 3.63) is 95.3 Å².